The molecular formula is C15H18N2O5. The zero-order valence-electron chi connectivity index (χ0n) is 12.3. The number of hydrogen-bond acceptors (Lipinski definition) is 5. The Morgan fingerprint density at radius 3 is 2.77 bits per heavy atom. The summed E-state index contributed by atoms with van der Waals surface area (Å²) in [5, 5.41) is 2.50. The van der Waals surface area contributed by atoms with Crippen LogP contribution in [0, 0.1) is 6.92 Å². The average Bonchev–Trinajstić information content (AvgIpc) is 2.93. The van der Waals surface area contributed by atoms with Crippen molar-refractivity contribution in [1.29, 1.82) is 0 Å². The minimum Gasteiger partial charge on any atom is -0.493 e. The van der Waals surface area contributed by atoms with Gasteiger partial charge in [0, 0.05) is 13.1 Å². The van der Waals surface area contributed by atoms with Crippen molar-refractivity contribution in [3.05, 3.63) is 29.8 Å². The molecule has 0 saturated carbocycles. The zero-order chi connectivity index (χ0) is 15.9. The number of carbonyl (C=O) groups excluding carboxylic acids is 3. The van der Waals surface area contributed by atoms with Gasteiger partial charge in [-0.1, -0.05) is 18.2 Å². The standard InChI is InChI=1S/C15H18N2O5/c1-11-4-2-3-5-12(11)21-9-6-14(19)22-10-13(18)17-8-7-16-15(17)20/h2-5H,6-10H2,1H3,(H,16,20). The summed E-state index contributed by atoms with van der Waals surface area (Å²) in [7, 11) is 0. The largest absolute Gasteiger partial charge is 0.493 e. The van der Waals surface area contributed by atoms with Crippen LogP contribution in [-0.4, -0.2) is 49.1 Å². The number of benzene rings is 1. The van der Waals surface area contributed by atoms with Crippen LogP contribution >= 0.6 is 0 Å². The highest BCUT2D eigenvalue weighted by Gasteiger charge is 2.26. The lowest BCUT2D eigenvalue weighted by atomic mass is 10.2. The maximum atomic E-state index is 11.7. The third kappa shape index (κ3) is 4.21. The third-order valence-electron chi connectivity index (χ3n) is 3.17. The van der Waals surface area contributed by atoms with E-state index in [9.17, 15) is 14.4 Å². The molecule has 0 spiro atoms. The molecule has 0 aromatic heterocycles. The molecule has 0 bridgehead atoms. The number of imide groups is 1. The molecule has 0 unspecified atom stereocenters. The number of para-hydroxylation sites is 1. The van der Waals surface area contributed by atoms with E-state index in [-0.39, 0.29) is 13.0 Å². The Labute approximate surface area is 128 Å². The minimum absolute atomic E-state index is 0.0355. The summed E-state index contributed by atoms with van der Waals surface area (Å²) >= 11 is 0. The van der Waals surface area contributed by atoms with E-state index in [0.717, 1.165) is 10.5 Å². The summed E-state index contributed by atoms with van der Waals surface area (Å²) in [6.07, 6.45) is 0.0355. The average molecular weight is 306 g/mol. The van der Waals surface area contributed by atoms with Crippen LogP contribution in [0.1, 0.15) is 12.0 Å². The Morgan fingerprint density at radius 2 is 2.09 bits per heavy atom. The highest BCUT2D eigenvalue weighted by atomic mass is 16.5. The summed E-state index contributed by atoms with van der Waals surface area (Å²) in [5.41, 5.74) is 0.978. The van der Waals surface area contributed by atoms with Gasteiger partial charge in [-0.3, -0.25) is 14.5 Å². The quantitative estimate of drug-likeness (QED) is 0.788. The van der Waals surface area contributed by atoms with Crippen LogP contribution in [0.25, 0.3) is 0 Å². The van der Waals surface area contributed by atoms with Gasteiger partial charge in [0.1, 0.15) is 5.75 Å². The van der Waals surface area contributed by atoms with Gasteiger partial charge in [-0.25, -0.2) is 4.79 Å². The van der Waals surface area contributed by atoms with E-state index in [0.29, 0.717) is 18.8 Å². The van der Waals surface area contributed by atoms with Crippen molar-refractivity contribution in [1.82, 2.24) is 10.2 Å². The molecular weight excluding hydrogens is 288 g/mol. The summed E-state index contributed by atoms with van der Waals surface area (Å²) in [6, 6.07) is 7.02. The van der Waals surface area contributed by atoms with E-state index in [1.807, 2.05) is 31.2 Å². The van der Waals surface area contributed by atoms with Crippen molar-refractivity contribution >= 4 is 17.9 Å². The van der Waals surface area contributed by atoms with Crippen LogP contribution < -0.4 is 10.1 Å². The molecule has 2 rings (SSSR count). The molecule has 1 saturated heterocycles. The van der Waals surface area contributed by atoms with Crippen LogP contribution in [0.3, 0.4) is 0 Å². The summed E-state index contributed by atoms with van der Waals surface area (Å²) in [5.74, 6) is -0.357. The Hall–Kier alpha value is -2.57. The highest BCUT2D eigenvalue weighted by molar-refractivity contribution is 5.96. The second kappa shape index (κ2) is 7.44. The number of aryl methyl sites for hydroxylation is 1. The van der Waals surface area contributed by atoms with Crippen LogP contribution in [0.15, 0.2) is 24.3 Å². The molecule has 0 aliphatic carbocycles. The second-order valence-electron chi connectivity index (χ2n) is 4.80. The van der Waals surface area contributed by atoms with Gasteiger partial charge in [0.05, 0.1) is 13.0 Å². The van der Waals surface area contributed by atoms with E-state index in [1.54, 1.807) is 0 Å². The van der Waals surface area contributed by atoms with Crippen LogP contribution in [-0.2, 0) is 14.3 Å². The SMILES string of the molecule is Cc1ccccc1OCCC(=O)OCC(=O)N1CCNC1=O. The number of rotatable bonds is 6. The van der Waals surface area contributed by atoms with Gasteiger partial charge in [0.25, 0.3) is 5.91 Å². The zero-order valence-corrected chi connectivity index (χ0v) is 12.3. The lowest BCUT2D eigenvalue weighted by Gasteiger charge is -2.12. The number of hydrogen-bond donors (Lipinski definition) is 1. The van der Waals surface area contributed by atoms with Gasteiger partial charge in [-0.15, -0.1) is 0 Å². The van der Waals surface area contributed by atoms with Crippen LogP contribution in [0.5, 0.6) is 5.75 Å². The second-order valence-corrected chi connectivity index (χ2v) is 4.80. The van der Waals surface area contributed by atoms with E-state index < -0.39 is 24.5 Å². The number of carbonyl (C=O) groups is 3. The van der Waals surface area contributed by atoms with Gasteiger partial charge < -0.3 is 14.8 Å². The molecule has 0 atom stereocenters. The highest BCUT2D eigenvalue weighted by Crippen LogP contribution is 2.16. The first-order chi connectivity index (χ1) is 10.6. The molecule has 1 fully saturated rings. The Kier molecular flexibility index (Phi) is 5.35. The van der Waals surface area contributed by atoms with Crippen molar-refractivity contribution in [2.45, 2.75) is 13.3 Å². The van der Waals surface area contributed by atoms with Gasteiger partial charge in [-0.2, -0.15) is 0 Å². The molecule has 1 aliphatic heterocycles. The maximum absolute atomic E-state index is 11.7. The molecule has 7 nitrogen and oxygen atoms in total. The van der Waals surface area contributed by atoms with Crippen molar-refractivity contribution < 1.29 is 23.9 Å². The van der Waals surface area contributed by atoms with Crippen LogP contribution in [0.2, 0.25) is 0 Å². The fourth-order valence-corrected chi connectivity index (χ4v) is 1.96. The summed E-state index contributed by atoms with van der Waals surface area (Å²) in [4.78, 5) is 35.5. The first-order valence-electron chi connectivity index (χ1n) is 7.00. The summed E-state index contributed by atoms with van der Waals surface area (Å²) in [6.45, 7) is 2.36. The number of esters is 1. The number of amides is 3. The van der Waals surface area contributed by atoms with E-state index in [1.165, 1.54) is 0 Å². The molecule has 1 aromatic rings. The predicted molar refractivity (Wildman–Crippen MR) is 77.4 cm³/mol. The van der Waals surface area contributed by atoms with Gasteiger partial charge in [0.2, 0.25) is 0 Å². The molecule has 1 aromatic carbocycles. The topological polar surface area (TPSA) is 84.9 Å². The minimum atomic E-state index is -0.540. The Morgan fingerprint density at radius 1 is 1.32 bits per heavy atom. The van der Waals surface area contributed by atoms with E-state index in [2.05, 4.69) is 5.32 Å². The number of nitrogens with one attached hydrogen (secondary N) is 1. The smallest absolute Gasteiger partial charge is 0.324 e. The maximum Gasteiger partial charge on any atom is 0.324 e. The van der Waals surface area contributed by atoms with Crippen molar-refractivity contribution in [3.63, 3.8) is 0 Å². The normalized spacial score (nSPS) is 13.7. The molecule has 1 heterocycles. The molecule has 1 aliphatic rings. The fraction of sp³-hybridized carbons (Fsp3) is 0.400. The van der Waals surface area contributed by atoms with E-state index >= 15 is 0 Å². The monoisotopic (exact) mass is 306 g/mol. The molecule has 7 heteroatoms. The fourth-order valence-electron chi connectivity index (χ4n) is 1.96. The first kappa shape index (κ1) is 15.8. The Bertz CT molecular complexity index is 573. The lowest BCUT2D eigenvalue weighted by Crippen LogP contribution is -2.37. The molecule has 22 heavy (non-hydrogen) atoms. The molecule has 0 radical (unpaired) electrons. The molecule has 1 N–H and O–H groups in total. The van der Waals surface area contributed by atoms with Gasteiger partial charge in [0.15, 0.2) is 6.61 Å². The first-order valence-corrected chi connectivity index (χ1v) is 7.00. The van der Waals surface area contributed by atoms with E-state index in [4.69, 9.17) is 9.47 Å². The predicted octanol–water partition coefficient (Wildman–Crippen LogP) is 0.859. The van der Waals surface area contributed by atoms with Crippen LogP contribution in [0.4, 0.5) is 4.79 Å². The number of nitrogens with zero attached hydrogens (tertiary/aromatic N) is 1. The third-order valence-corrected chi connectivity index (χ3v) is 3.17. The van der Waals surface area contributed by atoms with Crippen molar-refractivity contribution in [3.8, 4) is 5.75 Å². The Balaban J connectivity index is 1.67. The van der Waals surface area contributed by atoms with Gasteiger partial charge in [-0.05, 0) is 18.6 Å². The van der Waals surface area contributed by atoms with Gasteiger partial charge >= 0.3 is 12.0 Å². The number of ether oxygens (including phenoxy) is 2. The van der Waals surface area contributed by atoms with Crippen molar-refractivity contribution in [2.24, 2.45) is 0 Å². The molecule has 118 valence electrons. The lowest BCUT2D eigenvalue weighted by molar-refractivity contribution is -0.151. The van der Waals surface area contributed by atoms with Crippen molar-refractivity contribution in [2.75, 3.05) is 26.3 Å². The number of urea groups is 1. The summed E-state index contributed by atoms with van der Waals surface area (Å²) < 4.78 is 10.3. The molecule has 3 amide bonds.